The van der Waals surface area contributed by atoms with Crippen LogP contribution in [0.3, 0.4) is 0 Å². The highest BCUT2D eigenvalue weighted by Gasteiger charge is 2.40. The van der Waals surface area contributed by atoms with Crippen LogP contribution in [0.1, 0.15) is 26.2 Å². The molecular formula is C9H16O2. The minimum absolute atomic E-state index is 0.0139. The monoisotopic (exact) mass is 156 g/mol. The Hall–Kier alpha value is -0.340. The van der Waals surface area contributed by atoms with E-state index in [-0.39, 0.29) is 5.92 Å². The van der Waals surface area contributed by atoms with Crippen LogP contribution in [0.4, 0.5) is 0 Å². The minimum atomic E-state index is -0.811. The van der Waals surface area contributed by atoms with Crippen molar-refractivity contribution in [2.45, 2.75) is 37.9 Å². The summed E-state index contributed by atoms with van der Waals surface area (Å²) in [4.78, 5) is 0. The Kier molecular flexibility index (Phi) is 2.35. The van der Waals surface area contributed by atoms with Gasteiger partial charge >= 0.3 is 0 Å². The molecule has 0 saturated heterocycles. The van der Waals surface area contributed by atoms with Gasteiger partial charge in [-0.15, -0.1) is 6.58 Å². The highest BCUT2D eigenvalue weighted by Crippen LogP contribution is 2.38. The number of rotatable bonds is 2. The molecule has 3 atom stereocenters. The second kappa shape index (κ2) is 2.95. The van der Waals surface area contributed by atoms with Gasteiger partial charge in [-0.1, -0.05) is 6.08 Å². The Morgan fingerprint density at radius 1 is 1.73 bits per heavy atom. The van der Waals surface area contributed by atoms with Gasteiger partial charge in [0.2, 0.25) is 0 Å². The zero-order chi connectivity index (χ0) is 8.48. The first-order valence-corrected chi connectivity index (χ1v) is 4.14. The van der Waals surface area contributed by atoms with Gasteiger partial charge < -0.3 is 10.2 Å². The van der Waals surface area contributed by atoms with Crippen molar-refractivity contribution in [1.29, 1.82) is 0 Å². The van der Waals surface area contributed by atoms with E-state index in [2.05, 4.69) is 6.58 Å². The number of aliphatic hydroxyl groups excluding tert-OH is 1. The van der Waals surface area contributed by atoms with Gasteiger partial charge in [0.05, 0.1) is 11.7 Å². The van der Waals surface area contributed by atoms with Gasteiger partial charge in [-0.3, -0.25) is 0 Å². The van der Waals surface area contributed by atoms with Gasteiger partial charge in [-0.2, -0.15) is 0 Å². The van der Waals surface area contributed by atoms with Crippen LogP contribution in [0.15, 0.2) is 12.7 Å². The molecule has 1 aliphatic carbocycles. The second-order valence-electron chi connectivity index (χ2n) is 3.43. The number of aliphatic hydroxyl groups is 2. The molecule has 2 heteroatoms. The summed E-state index contributed by atoms with van der Waals surface area (Å²) in [5, 5.41) is 19.2. The van der Waals surface area contributed by atoms with E-state index in [1.54, 1.807) is 13.0 Å². The van der Waals surface area contributed by atoms with Gasteiger partial charge in [-0.05, 0) is 26.2 Å². The maximum atomic E-state index is 9.85. The molecule has 0 unspecified atom stereocenters. The van der Waals surface area contributed by atoms with Crippen molar-refractivity contribution >= 4 is 0 Å². The third-order valence-electron chi connectivity index (χ3n) is 2.67. The fourth-order valence-corrected chi connectivity index (χ4v) is 1.95. The molecule has 0 spiro atoms. The second-order valence-corrected chi connectivity index (χ2v) is 3.43. The smallest absolute Gasteiger partial charge is 0.0877 e. The highest BCUT2D eigenvalue weighted by atomic mass is 16.3. The lowest BCUT2D eigenvalue weighted by molar-refractivity contribution is -0.0102. The first kappa shape index (κ1) is 8.75. The molecule has 0 aromatic carbocycles. The van der Waals surface area contributed by atoms with Crippen molar-refractivity contribution in [3.8, 4) is 0 Å². The summed E-state index contributed by atoms with van der Waals surface area (Å²) in [6.45, 7) is 5.31. The summed E-state index contributed by atoms with van der Waals surface area (Å²) >= 11 is 0. The molecule has 0 aliphatic heterocycles. The van der Waals surface area contributed by atoms with E-state index in [1.807, 2.05) is 0 Å². The van der Waals surface area contributed by atoms with Crippen molar-refractivity contribution in [1.82, 2.24) is 0 Å². The molecule has 0 heterocycles. The topological polar surface area (TPSA) is 40.5 Å². The van der Waals surface area contributed by atoms with Gasteiger partial charge in [0, 0.05) is 5.92 Å². The van der Waals surface area contributed by atoms with E-state index in [1.165, 1.54) is 0 Å². The molecule has 0 bridgehead atoms. The lowest BCUT2D eigenvalue weighted by Crippen LogP contribution is -2.36. The SMILES string of the molecule is C=C[C@]1(O)CCC[C@@H]1[C@@H](C)O. The molecule has 64 valence electrons. The van der Waals surface area contributed by atoms with Crippen LogP contribution >= 0.6 is 0 Å². The van der Waals surface area contributed by atoms with Crippen LogP contribution in [-0.4, -0.2) is 21.9 Å². The van der Waals surface area contributed by atoms with Crippen molar-refractivity contribution < 1.29 is 10.2 Å². The quantitative estimate of drug-likeness (QED) is 0.587. The largest absolute Gasteiger partial charge is 0.393 e. The molecule has 1 aliphatic rings. The first-order valence-electron chi connectivity index (χ1n) is 4.14. The predicted octanol–water partition coefficient (Wildman–Crippen LogP) is 1.08. The van der Waals surface area contributed by atoms with Crippen LogP contribution in [0.2, 0.25) is 0 Å². The zero-order valence-corrected chi connectivity index (χ0v) is 6.95. The molecule has 0 amide bonds. The molecule has 11 heavy (non-hydrogen) atoms. The Morgan fingerprint density at radius 3 is 2.73 bits per heavy atom. The predicted molar refractivity (Wildman–Crippen MR) is 44.2 cm³/mol. The third-order valence-corrected chi connectivity index (χ3v) is 2.67. The van der Waals surface area contributed by atoms with Crippen molar-refractivity contribution in [2.24, 2.45) is 5.92 Å². The molecular weight excluding hydrogens is 140 g/mol. The molecule has 1 rings (SSSR count). The number of hydrogen-bond donors (Lipinski definition) is 2. The zero-order valence-electron chi connectivity index (χ0n) is 6.95. The molecule has 0 radical (unpaired) electrons. The molecule has 2 N–H and O–H groups in total. The maximum absolute atomic E-state index is 9.85. The summed E-state index contributed by atoms with van der Waals surface area (Å²) < 4.78 is 0. The van der Waals surface area contributed by atoms with Gasteiger partial charge in [0.1, 0.15) is 0 Å². The fraction of sp³-hybridized carbons (Fsp3) is 0.778. The average molecular weight is 156 g/mol. The molecule has 2 nitrogen and oxygen atoms in total. The fourth-order valence-electron chi connectivity index (χ4n) is 1.95. The van der Waals surface area contributed by atoms with Gasteiger partial charge in [0.15, 0.2) is 0 Å². The first-order chi connectivity index (χ1) is 5.10. The third kappa shape index (κ3) is 1.47. The minimum Gasteiger partial charge on any atom is -0.393 e. The number of hydrogen-bond acceptors (Lipinski definition) is 2. The van der Waals surface area contributed by atoms with Crippen LogP contribution < -0.4 is 0 Å². The van der Waals surface area contributed by atoms with E-state index < -0.39 is 11.7 Å². The Bertz CT molecular complexity index is 154. The summed E-state index contributed by atoms with van der Waals surface area (Å²) in [6, 6.07) is 0. The van der Waals surface area contributed by atoms with E-state index in [9.17, 15) is 10.2 Å². The van der Waals surface area contributed by atoms with Crippen molar-refractivity contribution in [3.63, 3.8) is 0 Å². The van der Waals surface area contributed by atoms with Gasteiger partial charge in [-0.25, -0.2) is 0 Å². The Balaban J connectivity index is 2.72. The average Bonchev–Trinajstić information content (AvgIpc) is 2.32. The van der Waals surface area contributed by atoms with E-state index in [0.29, 0.717) is 0 Å². The standard InChI is InChI=1S/C9H16O2/c1-3-9(11)6-4-5-8(9)7(2)10/h3,7-8,10-11H,1,4-6H2,2H3/t7-,8-,9+/m1/s1. The van der Waals surface area contributed by atoms with E-state index in [4.69, 9.17) is 0 Å². The summed E-state index contributed by atoms with van der Waals surface area (Å²) in [5.41, 5.74) is -0.811. The van der Waals surface area contributed by atoms with Crippen LogP contribution in [0, 0.1) is 5.92 Å². The Morgan fingerprint density at radius 2 is 2.36 bits per heavy atom. The lowest BCUT2D eigenvalue weighted by atomic mass is 9.87. The normalized spacial score (nSPS) is 40.5. The van der Waals surface area contributed by atoms with Crippen LogP contribution in [0.25, 0.3) is 0 Å². The maximum Gasteiger partial charge on any atom is 0.0877 e. The molecule has 1 fully saturated rings. The van der Waals surface area contributed by atoms with Crippen molar-refractivity contribution in [2.75, 3.05) is 0 Å². The van der Waals surface area contributed by atoms with Crippen LogP contribution in [0.5, 0.6) is 0 Å². The molecule has 0 aromatic heterocycles. The van der Waals surface area contributed by atoms with Crippen molar-refractivity contribution in [3.05, 3.63) is 12.7 Å². The van der Waals surface area contributed by atoms with E-state index in [0.717, 1.165) is 19.3 Å². The summed E-state index contributed by atoms with van der Waals surface area (Å²) in [7, 11) is 0. The summed E-state index contributed by atoms with van der Waals surface area (Å²) in [5.74, 6) is -0.0139. The Labute approximate surface area is 67.6 Å². The highest BCUT2D eigenvalue weighted by molar-refractivity contribution is 5.05. The molecule has 0 aromatic rings. The van der Waals surface area contributed by atoms with Gasteiger partial charge in [0.25, 0.3) is 0 Å². The summed E-state index contributed by atoms with van der Waals surface area (Å²) in [6.07, 6.45) is 3.77. The van der Waals surface area contributed by atoms with E-state index >= 15 is 0 Å². The lowest BCUT2D eigenvalue weighted by Gasteiger charge is -2.28. The van der Waals surface area contributed by atoms with Crippen LogP contribution in [-0.2, 0) is 0 Å². The molecule has 1 saturated carbocycles.